The van der Waals surface area contributed by atoms with Gasteiger partial charge in [0.15, 0.2) is 0 Å². The molecule has 2 N–H and O–H groups in total. The summed E-state index contributed by atoms with van der Waals surface area (Å²) in [6, 6.07) is 16.7. The maximum atomic E-state index is 12.1. The summed E-state index contributed by atoms with van der Waals surface area (Å²) >= 11 is 0. The van der Waals surface area contributed by atoms with E-state index in [1.165, 1.54) is 47.5 Å². The number of carbonyl (C=O) groups excluding carboxylic acids is 1. The Morgan fingerprint density at radius 3 is 2.48 bits per heavy atom. The van der Waals surface area contributed by atoms with Crippen LogP contribution in [0.2, 0.25) is 0 Å². The third-order valence-corrected chi connectivity index (χ3v) is 7.93. The molecule has 1 saturated heterocycles. The van der Waals surface area contributed by atoms with E-state index >= 15 is 0 Å². The highest BCUT2D eigenvalue weighted by Gasteiger charge is 2.34. The quantitative estimate of drug-likeness (QED) is 0.430. The molecule has 1 fully saturated rings. The molecule has 1 aromatic heterocycles. The number of fused-ring (bicyclic) bond motifs is 1. The topological polar surface area (TPSA) is 77.8 Å². The number of hydrogen-bond acceptors (Lipinski definition) is 5. The molecule has 3 aromatic rings. The number of nitrogens with zero attached hydrogens (tertiary/aromatic N) is 5. The minimum atomic E-state index is -0.154. The molecule has 8 heteroatoms. The second-order valence-corrected chi connectivity index (χ2v) is 10.9. The molecule has 2 aromatic carbocycles. The molecule has 3 aliphatic rings. The maximum Gasteiger partial charge on any atom is 0.321 e. The van der Waals surface area contributed by atoms with E-state index < -0.39 is 0 Å². The Hall–Kier alpha value is -4.17. The molecule has 0 radical (unpaired) electrons. The van der Waals surface area contributed by atoms with Crippen molar-refractivity contribution in [1.29, 1.82) is 0 Å². The third kappa shape index (κ3) is 5.31. The molecule has 0 bridgehead atoms. The number of aromatic nitrogens is 2. The molecule has 0 saturated carbocycles. The van der Waals surface area contributed by atoms with E-state index in [1.807, 2.05) is 35.2 Å². The molecule has 0 aliphatic carbocycles. The van der Waals surface area contributed by atoms with Crippen molar-refractivity contribution in [3.8, 4) is 11.3 Å². The Balaban J connectivity index is 1.25. The summed E-state index contributed by atoms with van der Waals surface area (Å²) < 4.78 is 1.99. The van der Waals surface area contributed by atoms with Gasteiger partial charge < -0.3 is 15.5 Å². The number of dihydropyridines is 1. The van der Waals surface area contributed by atoms with E-state index in [9.17, 15) is 4.79 Å². The average Bonchev–Trinajstić information content (AvgIpc) is 3.73. The highest BCUT2D eigenvalue weighted by molar-refractivity contribution is 5.94. The van der Waals surface area contributed by atoms with Crippen molar-refractivity contribution in [1.82, 2.24) is 24.9 Å². The Kier molecular flexibility index (Phi) is 7.26. The van der Waals surface area contributed by atoms with Crippen LogP contribution in [-0.2, 0) is 13.1 Å². The number of nitrogens with one attached hydrogen (secondary N) is 2. The molecule has 8 nitrogen and oxygen atoms in total. The zero-order chi connectivity index (χ0) is 27.6. The van der Waals surface area contributed by atoms with Crippen LogP contribution in [0.4, 0.5) is 10.5 Å². The van der Waals surface area contributed by atoms with Gasteiger partial charge in [0.2, 0.25) is 0 Å². The van der Waals surface area contributed by atoms with Crippen LogP contribution < -0.4 is 10.6 Å². The molecule has 0 spiro atoms. The van der Waals surface area contributed by atoms with Crippen LogP contribution in [0.1, 0.15) is 36.5 Å². The van der Waals surface area contributed by atoms with Crippen molar-refractivity contribution in [3.63, 3.8) is 0 Å². The molecule has 206 valence electrons. The van der Waals surface area contributed by atoms with Crippen LogP contribution in [0.3, 0.4) is 0 Å². The number of benzene rings is 2. The molecule has 2 unspecified atom stereocenters. The molecule has 3 aliphatic heterocycles. The van der Waals surface area contributed by atoms with E-state index in [0.717, 1.165) is 41.3 Å². The third-order valence-electron chi connectivity index (χ3n) is 7.93. The minimum Gasteiger partial charge on any atom is -0.363 e. The van der Waals surface area contributed by atoms with Crippen LogP contribution in [0, 0.1) is 5.92 Å². The molecule has 40 heavy (non-hydrogen) atoms. The lowest BCUT2D eigenvalue weighted by atomic mass is 9.88. The summed E-state index contributed by atoms with van der Waals surface area (Å²) in [5.74, 6) is 0.108. The molecule has 4 heterocycles. The van der Waals surface area contributed by atoms with Gasteiger partial charge in [0.25, 0.3) is 0 Å². The second-order valence-electron chi connectivity index (χ2n) is 10.9. The Morgan fingerprint density at radius 1 is 1.05 bits per heavy atom. The van der Waals surface area contributed by atoms with E-state index in [-0.39, 0.29) is 18.1 Å². The number of aryl methyl sites for hydroxylation is 1. The number of likely N-dealkylation sites (tertiary alicyclic amines) is 1. The fraction of sp³-hybridized carbons (Fsp3) is 0.344. The molecule has 2 amide bonds. The monoisotopic (exact) mass is 535 g/mol. The number of amides is 2. The van der Waals surface area contributed by atoms with Crippen molar-refractivity contribution in [3.05, 3.63) is 83.6 Å². The van der Waals surface area contributed by atoms with Gasteiger partial charge in [0.05, 0.1) is 5.69 Å². The SMILES string of the molecule is CCn1cc(C2=CC=NC3NC(c4ccc(CN5CCCC5)cc4)=CC23)c(-c2ccc(NC(=O)N(C)C)cc2)n1. The minimum absolute atomic E-state index is 0.0410. The normalized spacial score (nSPS) is 20.1. The number of aliphatic imine (C=N–C) groups is 1. The van der Waals surface area contributed by atoms with Gasteiger partial charge in [-0.15, -0.1) is 0 Å². The van der Waals surface area contributed by atoms with Gasteiger partial charge in [-0.25, -0.2) is 4.79 Å². The highest BCUT2D eigenvalue weighted by atomic mass is 16.2. The second kappa shape index (κ2) is 11.1. The molecular weight excluding hydrogens is 498 g/mol. The number of hydrogen-bond donors (Lipinski definition) is 2. The summed E-state index contributed by atoms with van der Waals surface area (Å²) in [7, 11) is 3.45. The standard InChI is InChI=1S/C32H37N7O/c1-4-39-21-28(30(36-39)24-11-13-25(14-12-24)34-32(40)37(2)3)26-15-16-33-31-27(26)19-29(35-31)23-9-7-22(8-10-23)20-38-17-5-6-18-38/h7-16,19,21,27,31,35H,4-6,17-18,20H2,1-3H3,(H,34,40). The molecule has 6 rings (SSSR count). The van der Waals surface area contributed by atoms with Crippen LogP contribution in [-0.4, -0.2) is 65.2 Å². The average molecular weight is 536 g/mol. The smallest absolute Gasteiger partial charge is 0.321 e. The summed E-state index contributed by atoms with van der Waals surface area (Å²) in [5, 5.41) is 11.5. The van der Waals surface area contributed by atoms with E-state index in [2.05, 4.69) is 65.1 Å². The first-order valence-corrected chi connectivity index (χ1v) is 14.2. The van der Waals surface area contributed by atoms with Gasteiger partial charge >= 0.3 is 6.03 Å². The van der Waals surface area contributed by atoms with E-state index in [4.69, 9.17) is 10.1 Å². The number of anilines is 1. The van der Waals surface area contributed by atoms with Gasteiger partial charge in [0.1, 0.15) is 6.17 Å². The van der Waals surface area contributed by atoms with Crippen LogP contribution >= 0.6 is 0 Å². The summed E-state index contributed by atoms with van der Waals surface area (Å²) in [5.41, 5.74) is 8.67. The van der Waals surface area contributed by atoms with E-state index in [1.54, 1.807) is 14.1 Å². The lowest BCUT2D eigenvalue weighted by molar-refractivity contribution is 0.230. The van der Waals surface area contributed by atoms with Crippen molar-refractivity contribution in [2.45, 2.75) is 39.0 Å². The van der Waals surface area contributed by atoms with Crippen LogP contribution in [0.25, 0.3) is 22.5 Å². The largest absolute Gasteiger partial charge is 0.363 e. The van der Waals surface area contributed by atoms with Gasteiger partial charge in [-0.1, -0.05) is 36.4 Å². The first kappa shape index (κ1) is 26.1. The molecule has 2 atom stereocenters. The van der Waals surface area contributed by atoms with Crippen molar-refractivity contribution >= 4 is 29.2 Å². The number of urea groups is 1. The number of rotatable bonds is 7. The molecular formula is C32H37N7O. The van der Waals surface area contributed by atoms with Crippen molar-refractivity contribution in [2.24, 2.45) is 10.9 Å². The summed E-state index contributed by atoms with van der Waals surface area (Å²) in [6.07, 6.45) is 11.1. The van der Waals surface area contributed by atoms with Crippen molar-refractivity contribution < 1.29 is 4.79 Å². The number of carbonyl (C=O) groups is 1. The first-order valence-electron chi connectivity index (χ1n) is 14.2. The fourth-order valence-electron chi connectivity index (χ4n) is 5.68. The summed E-state index contributed by atoms with van der Waals surface area (Å²) in [6.45, 7) is 6.32. The summed E-state index contributed by atoms with van der Waals surface area (Å²) in [4.78, 5) is 20.9. The fourth-order valence-corrected chi connectivity index (χ4v) is 5.68. The lowest BCUT2D eigenvalue weighted by Crippen LogP contribution is -2.28. The van der Waals surface area contributed by atoms with Gasteiger partial charge in [-0.2, -0.15) is 5.10 Å². The van der Waals surface area contributed by atoms with Crippen LogP contribution in [0.15, 0.2) is 71.9 Å². The highest BCUT2D eigenvalue weighted by Crippen LogP contribution is 2.40. The lowest BCUT2D eigenvalue weighted by Gasteiger charge is -2.22. The maximum absolute atomic E-state index is 12.1. The predicted molar refractivity (Wildman–Crippen MR) is 162 cm³/mol. The van der Waals surface area contributed by atoms with E-state index in [0.29, 0.717) is 0 Å². The zero-order valence-corrected chi connectivity index (χ0v) is 23.5. The number of allylic oxidation sites excluding steroid dienone is 1. The van der Waals surface area contributed by atoms with Gasteiger partial charge in [0, 0.05) is 68.0 Å². The van der Waals surface area contributed by atoms with Gasteiger partial charge in [-0.3, -0.25) is 14.6 Å². The first-order chi connectivity index (χ1) is 19.5. The van der Waals surface area contributed by atoms with Crippen molar-refractivity contribution in [2.75, 3.05) is 32.5 Å². The zero-order valence-electron chi connectivity index (χ0n) is 23.5. The Morgan fingerprint density at radius 2 is 1.77 bits per heavy atom. The van der Waals surface area contributed by atoms with Gasteiger partial charge in [-0.05, 0) is 73.8 Å². The van der Waals surface area contributed by atoms with Crippen LogP contribution in [0.5, 0.6) is 0 Å². The Labute approximate surface area is 236 Å². The Bertz CT molecular complexity index is 1460. The predicted octanol–water partition coefficient (Wildman–Crippen LogP) is 5.31.